The van der Waals surface area contributed by atoms with Crippen LogP contribution in [-0.2, 0) is 0 Å². The fourth-order valence-electron chi connectivity index (χ4n) is 2.43. The molecule has 0 amide bonds. The Hall–Kier alpha value is -0.600. The van der Waals surface area contributed by atoms with Gasteiger partial charge >= 0.3 is 0 Å². The van der Waals surface area contributed by atoms with Crippen LogP contribution in [0.4, 0.5) is 0 Å². The monoisotopic (exact) mass is 166 g/mol. The van der Waals surface area contributed by atoms with Gasteiger partial charge in [-0.15, -0.1) is 6.58 Å². The average molecular weight is 166 g/mol. The van der Waals surface area contributed by atoms with Crippen molar-refractivity contribution in [2.45, 2.75) is 18.6 Å². The lowest BCUT2D eigenvalue weighted by molar-refractivity contribution is -0.113. The molecule has 66 valence electrons. The zero-order chi connectivity index (χ0) is 8.72. The van der Waals surface area contributed by atoms with Crippen molar-refractivity contribution in [2.75, 3.05) is 0 Å². The second kappa shape index (κ2) is 2.71. The molecule has 5 unspecified atom stereocenters. The fourth-order valence-corrected chi connectivity index (χ4v) is 2.43. The molecule has 0 aromatic heterocycles. The molecule has 0 heterocycles. The third-order valence-corrected chi connectivity index (χ3v) is 3.17. The molecule has 2 aliphatic rings. The molecule has 0 aromatic rings. The smallest absolute Gasteiger partial charge is 0.0777 e. The van der Waals surface area contributed by atoms with E-state index in [9.17, 15) is 10.2 Å². The number of fused-ring (bicyclic) bond motifs is 1. The summed E-state index contributed by atoms with van der Waals surface area (Å²) in [4.78, 5) is 0. The van der Waals surface area contributed by atoms with Gasteiger partial charge in [0, 0.05) is 5.92 Å². The standard InChI is InChI=1S/C10H14O2/c1-2-8(11)9-6-4-3-5-7(6)10(9)12/h2-4,6-12H,1,5H2. The maximum Gasteiger partial charge on any atom is 0.0777 e. The van der Waals surface area contributed by atoms with Gasteiger partial charge in [-0.1, -0.05) is 18.2 Å². The van der Waals surface area contributed by atoms with E-state index in [-0.39, 0.29) is 12.0 Å². The molecule has 12 heavy (non-hydrogen) atoms. The molecule has 1 fully saturated rings. The minimum absolute atomic E-state index is 0.00810. The molecule has 0 radical (unpaired) electrons. The van der Waals surface area contributed by atoms with Gasteiger partial charge in [-0.05, 0) is 18.3 Å². The first-order valence-electron chi connectivity index (χ1n) is 4.41. The number of hydrogen-bond donors (Lipinski definition) is 2. The summed E-state index contributed by atoms with van der Waals surface area (Å²) in [5.41, 5.74) is 0. The van der Waals surface area contributed by atoms with Gasteiger partial charge < -0.3 is 10.2 Å². The molecule has 0 aromatic carbocycles. The summed E-state index contributed by atoms with van der Waals surface area (Å²) >= 11 is 0. The fraction of sp³-hybridized carbons (Fsp3) is 0.600. The van der Waals surface area contributed by atoms with Gasteiger partial charge in [0.05, 0.1) is 12.2 Å². The summed E-state index contributed by atoms with van der Waals surface area (Å²) in [6.45, 7) is 3.53. The molecule has 0 saturated heterocycles. The van der Waals surface area contributed by atoms with E-state index in [2.05, 4.69) is 18.7 Å². The molecule has 1 saturated carbocycles. The molecule has 2 aliphatic carbocycles. The van der Waals surface area contributed by atoms with Gasteiger partial charge in [-0.2, -0.15) is 0 Å². The van der Waals surface area contributed by atoms with Crippen LogP contribution in [0.1, 0.15) is 6.42 Å². The topological polar surface area (TPSA) is 40.5 Å². The van der Waals surface area contributed by atoms with Crippen molar-refractivity contribution in [3.8, 4) is 0 Å². The number of hydrogen-bond acceptors (Lipinski definition) is 2. The SMILES string of the molecule is C=CC(O)C1C(O)C2CC=CC21. The van der Waals surface area contributed by atoms with Crippen molar-refractivity contribution in [1.82, 2.24) is 0 Å². The van der Waals surface area contributed by atoms with Crippen molar-refractivity contribution < 1.29 is 10.2 Å². The molecule has 2 heteroatoms. The van der Waals surface area contributed by atoms with Gasteiger partial charge in [-0.25, -0.2) is 0 Å². The van der Waals surface area contributed by atoms with Gasteiger partial charge in [-0.3, -0.25) is 0 Å². The Morgan fingerprint density at radius 1 is 1.58 bits per heavy atom. The second-order valence-electron chi connectivity index (χ2n) is 3.70. The summed E-state index contributed by atoms with van der Waals surface area (Å²) in [6.07, 6.45) is 5.79. The van der Waals surface area contributed by atoms with Gasteiger partial charge in [0.15, 0.2) is 0 Å². The average Bonchev–Trinajstić information content (AvgIpc) is 2.48. The van der Waals surface area contributed by atoms with Crippen LogP contribution < -0.4 is 0 Å². The van der Waals surface area contributed by atoms with Gasteiger partial charge in [0.25, 0.3) is 0 Å². The van der Waals surface area contributed by atoms with Crippen molar-refractivity contribution in [3.63, 3.8) is 0 Å². The Kier molecular flexibility index (Phi) is 1.81. The van der Waals surface area contributed by atoms with Crippen LogP contribution in [0.5, 0.6) is 0 Å². The zero-order valence-electron chi connectivity index (χ0n) is 6.93. The van der Waals surface area contributed by atoms with E-state index in [0.717, 1.165) is 6.42 Å². The molecule has 0 spiro atoms. The minimum atomic E-state index is -0.552. The summed E-state index contributed by atoms with van der Waals surface area (Å²) in [7, 11) is 0. The zero-order valence-corrected chi connectivity index (χ0v) is 6.93. The van der Waals surface area contributed by atoms with E-state index in [0.29, 0.717) is 11.8 Å². The lowest BCUT2D eigenvalue weighted by Gasteiger charge is -2.47. The van der Waals surface area contributed by atoms with Crippen LogP contribution in [0.3, 0.4) is 0 Å². The van der Waals surface area contributed by atoms with Crippen LogP contribution in [0, 0.1) is 17.8 Å². The number of aliphatic hydroxyl groups is 2. The van der Waals surface area contributed by atoms with E-state index in [1.54, 1.807) is 0 Å². The Bertz CT molecular complexity index is 222. The molecule has 5 atom stereocenters. The van der Waals surface area contributed by atoms with E-state index >= 15 is 0 Å². The Morgan fingerprint density at radius 3 is 3.00 bits per heavy atom. The molecular formula is C10H14O2. The highest BCUT2D eigenvalue weighted by Gasteiger charge is 2.51. The van der Waals surface area contributed by atoms with E-state index < -0.39 is 6.10 Å². The molecular weight excluding hydrogens is 152 g/mol. The molecule has 2 nitrogen and oxygen atoms in total. The van der Waals surface area contributed by atoms with Crippen LogP contribution in [0.25, 0.3) is 0 Å². The number of rotatable bonds is 2. The summed E-state index contributed by atoms with van der Waals surface area (Å²) in [5, 5.41) is 19.1. The molecule has 2 N–H and O–H groups in total. The maximum atomic E-state index is 9.63. The number of aliphatic hydroxyl groups excluding tert-OH is 2. The first-order valence-corrected chi connectivity index (χ1v) is 4.41. The predicted molar refractivity (Wildman–Crippen MR) is 46.4 cm³/mol. The lowest BCUT2D eigenvalue weighted by Crippen LogP contribution is -2.53. The van der Waals surface area contributed by atoms with Crippen LogP contribution in [-0.4, -0.2) is 22.4 Å². The van der Waals surface area contributed by atoms with Crippen molar-refractivity contribution in [3.05, 3.63) is 24.8 Å². The predicted octanol–water partition coefficient (Wildman–Crippen LogP) is 0.716. The van der Waals surface area contributed by atoms with Crippen LogP contribution >= 0.6 is 0 Å². The van der Waals surface area contributed by atoms with Crippen LogP contribution in [0.15, 0.2) is 24.8 Å². The van der Waals surface area contributed by atoms with Crippen molar-refractivity contribution in [2.24, 2.45) is 17.8 Å². The maximum absolute atomic E-state index is 9.63. The highest BCUT2D eigenvalue weighted by Crippen LogP contribution is 2.49. The summed E-state index contributed by atoms with van der Waals surface area (Å²) in [6, 6.07) is 0. The summed E-state index contributed by atoms with van der Waals surface area (Å²) in [5.74, 6) is 0.740. The molecule has 2 rings (SSSR count). The first-order chi connectivity index (χ1) is 5.75. The van der Waals surface area contributed by atoms with E-state index in [1.807, 2.05) is 0 Å². The highest BCUT2D eigenvalue weighted by atomic mass is 16.3. The summed E-state index contributed by atoms with van der Waals surface area (Å²) < 4.78 is 0. The minimum Gasteiger partial charge on any atom is -0.392 e. The van der Waals surface area contributed by atoms with Crippen molar-refractivity contribution in [1.29, 1.82) is 0 Å². The Morgan fingerprint density at radius 2 is 2.33 bits per heavy atom. The normalized spacial score (nSPS) is 46.5. The third-order valence-electron chi connectivity index (χ3n) is 3.17. The van der Waals surface area contributed by atoms with Crippen LogP contribution in [0.2, 0.25) is 0 Å². The van der Waals surface area contributed by atoms with E-state index in [4.69, 9.17) is 0 Å². The largest absolute Gasteiger partial charge is 0.392 e. The highest BCUT2D eigenvalue weighted by molar-refractivity contribution is 5.17. The van der Waals surface area contributed by atoms with Gasteiger partial charge in [0.2, 0.25) is 0 Å². The van der Waals surface area contributed by atoms with Gasteiger partial charge in [0.1, 0.15) is 0 Å². The molecule has 0 bridgehead atoms. The van der Waals surface area contributed by atoms with E-state index in [1.165, 1.54) is 6.08 Å². The lowest BCUT2D eigenvalue weighted by atomic mass is 9.62. The third kappa shape index (κ3) is 0.883. The Balaban J connectivity index is 2.08. The number of allylic oxidation sites excluding steroid dienone is 2. The second-order valence-corrected chi connectivity index (χ2v) is 3.70. The molecule has 0 aliphatic heterocycles. The first kappa shape index (κ1) is 8.02. The Labute approximate surface area is 72.2 Å². The quantitative estimate of drug-likeness (QED) is 0.593. The van der Waals surface area contributed by atoms with Crippen molar-refractivity contribution >= 4 is 0 Å².